The quantitative estimate of drug-likeness (QED) is 0.643. The molecule has 1 heteroatoms. The average Bonchev–Trinajstić information content (AvgIpc) is 2.19. The molecular formula is C12H12S. The van der Waals surface area contributed by atoms with Crippen LogP contribution in [0.5, 0.6) is 0 Å². The van der Waals surface area contributed by atoms with Gasteiger partial charge in [0.25, 0.3) is 0 Å². The molecule has 66 valence electrons. The SMILES string of the molecule is CS/C=C\C#CCc1ccccc1. The molecular weight excluding hydrogens is 176 g/mol. The highest BCUT2D eigenvalue weighted by Crippen LogP contribution is 1.98. The van der Waals surface area contributed by atoms with E-state index in [1.807, 2.05) is 35.9 Å². The van der Waals surface area contributed by atoms with Crippen LogP contribution in [0.3, 0.4) is 0 Å². The van der Waals surface area contributed by atoms with E-state index in [4.69, 9.17) is 0 Å². The second kappa shape index (κ2) is 6.39. The van der Waals surface area contributed by atoms with Crippen molar-refractivity contribution in [2.75, 3.05) is 6.26 Å². The van der Waals surface area contributed by atoms with E-state index in [1.165, 1.54) is 5.56 Å². The van der Waals surface area contributed by atoms with Gasteiger partial charge in [0.15, 0.2) is 0 Å². The van der Waals surface area contributed by atoms with Gasteiger partial charge in [-0.2, -0.15) is 0 Å². The smallest absolute Gasteiger partial charge is 0.0343 e. The minimum Gasteiger partial charge on any atom is -0.137 e. The van der Waals surface area contributed by atoms with Crippen LogP contribution in [0.1, 0.15) is 5.56 Å². The Kier molecular flexibility index (Phi) is 4.90. The summed E-state index contributed by atoms with van der Waals surface area (Å²) in [5.41, 5.74) is 1.27. The predicted molar refractivity (Wildman–Crippen MR) is 60.6 cm³/mol. The third-order valence-electron chi connectivity index (χ3n) is 1.52. The first-order valence-corrected chi connectivity index (χ1v) is 5.42. The summed E-state index contributed by atoms with van der Waals surface area (Å²) in [5, 5.41) is 1.98. The van der Waals surface area contributed by atoms with Crippen LogP contribution in [0.2, 0.25) is 0 Å². The van der Waals surface area contributed by atoms with E-state index in [0.29, 0.717) is 0 Å². The molecule has 0 aliphatic rings. The lowest BCUT2D eigenvalue weighted by Gasteiger charge is -1.90. The molecule has 0 saturated heterocycles. The molecule has 0 fully saturated rings. The first-order chi connectivity index (χ1) is 6.43. The molecule has 0 amide bonds. The lowest BCUT2D eigenvalue weighted by atomic mass is 10.2. The molecule has 0 bridgehead atoms. The minimum absolute atomic E-state index is 0.833. The maximum Gasteiger partial charge on any atom is 0.0343 e. The van der Waals surface area contributed by atoms with Crippen molar-refractivity contribution in [2.45, 2.75) is 6.42 Å². The summed E-state index contributed by atoms with van der Waals surface area (Å²) in [6, 6.07) is 10.3. The lowest BCUT2D eigenvalue weighted by molar-refractivity contribution is 1.32. The molecule has 1 aromatic carbocycles. The van der Waals surface area contributed by atoms with Crippen LogP contribution in [0.25, 0.3) is 0 Å². The van der Waals surface area contributed by atoms with Gasteiger partial charge in [-0.25, -0.2) is 0 Å². The maximum absolute atomic E-state index is 3.09. The molecule has 0 aromatic heterocycles. The first-order valence-electron chi connectivity index (χ1n) is 4.13. The summed E-state index contributed by atoms with van der Waals surface area (Å²) in [6.45, 7) is 0. The Morgan fingerprint density at radius 1 is 1.31 bits per heavy atom. The minimum atomic E-state index is 0.833. The van der Waals surface area contributed by atoms with Gasteiger partial charge in [0.1, 0.15) is 0 Å². The zero-order chi connectivity index (χ0) is 9.36. The fourth-order valence-electron chi connectivity index (χ4n) is 0.910. The van der Waals surface area contributed by atoms with Crippen LogP contribution in [0, 0.1) is 11.8 Å². The predicted octanol–water partition coefficient (Wildman–Crippen LogP) is 3.11. The normalized spacial score (nSPS) is 9.62. The van der Waals surface area contributed by atoms with Crippen molar-refractivity contribution in [1.29, 1.82) is 0 Å². The van der Waals surface area contributed by atoms with Crippen LogP contribution < -0.4 is 0 Å². The Morgan fingerprint density at radius 2 is 2.08 bits per heavy atom. The van der Waals surface area contributed by atoms with Crippen molar-refractivity contribution < 1.29 is 0 Å². The number of rotatable bonds is 2. The van der Waals surface area contributed by atoms with Crippen molar-refractivity contribution in [3.63, 3.8) is 0 Å². The summed E-state index contributed by atoms with van der Waals surface area (Å²) in [5.74, 6) is 6.07. The van der Waals surface area contributed by atoms with Gasteiger partial charge in [0.05, 0.1) is 0 Å². The fraction of sp³-hybridized carbons (Fsp3) is 0.167. The highest BCUT2D eigenvalue weighted by atomic mass is 32.2. The molecule has 0 nitrogen and oxygen atoms in total. The molecule has 0 N–H and O–H groups in total. The van der Waals surface area contributed by atoms with E-state index in [9.17, 15) is 0 Å². The number of hydrogen-bond donors (Lipinski definition) is 0. The van der Waals surface area contributed by atoms with Crippen LogP contribution in [0.4, 0.5) is 0 Å². The van der Waals surface area contributed by atoms with Crippen LogP contribution in [-0.2, 0) is 6.42 Å². The second-order valence-corrected chi connectivity index (χ2v) is 3.27. The summed E-state index contributed by atoms with van der Waals surface area (Å²) < 4.78 is 0. The largest absolute Gasteiger partial charge is 0.137 e. The summed E-state index contributed by atoms with van der Waals surface area (Å²) in [4.78, 5) is 0. The zero-order valence-corrected chi connectivity index (χ0v) is 8.47. The number of hydrogen-bond acceptors (Lipinski definition) is 1. The molecule has 0 unspecified atom stereocenters. The summed E-state index contributed by atoms with van der Waals surface area (Å²) >= 11 is 1.66. The van der Waals surface area contributed by atoms with Gasteiger partial charge in [0, 0.05) is 6.42 Å². The van der Waals surface area contributed by atoms with Gasteiger partial charge in [-0.1, -0.05) is 42.2 Å². The maximum atomic E-state index is 3.09. The Labute approximate surface area is 84.1 Å². The van der Waals surface area contributed by atoms with Gasteiger partial charge in [-0.05, 0) is 23.3 Å². The molecule has 0 radical (unpaired) electrons. The van der Waals surface area contributed by atoms with Crippen molar-refractivity contribution >= 4 is 11.8 Å². The van der Waals surface area contributed by atoms with E-state index in [-0.39, 0.29) is 0 Å². The monoisotopic (exact) mass is 188 g/mol. The van der Waals surface area contributed by atoms with Gasteiger partial charge in [-0.15, -0.1) is 11.8 Å². The Hall–Kier alpha value is -1.13. The number of thioether (sulfide) groups is 1. The van der Waals surface area contributed by atoms with Crippen LogP contribution in [0.15, 0.2) is 41.8 Å². The molecule has 0 heterocycles. The number of allylic oxidation sites excluding steroid dienone is 1. The fourth-order valence-corrected chi connectivity index (χ4v) is 1.11. The molecule has 1 aromatic rings. The van der Waals surface area contributed by atoms with Gasteiger partial charge in [0.2, 0.25) is 0 Å². The van der Waals surface area contributed by atoms with Crippen LogP contribution in [-0.4, -0.2) is 6.26 Å². The highest BCUT2D eigenvalue weighted by molar-refractivity contribution is 8.01. The highest BCUT2D eigenvalue weighted by Gasteiger charge is 1.83. The van der Waals surface area contributed by atoms with Gasteiger partial charge < -0.3 is 0 Å². The summed E-state index contributed by atoms with van der Waals surface area (Å²) in [7, 11) is 0. The van der Waals surface area contributed by atoms with Crippen molar-refractivity contribution in [2.24, 2.45) is 0 Å². The van der Waals surface area contributed by atoms with Crippen LogP contribution >= 0.6 is 11.8 Å². The van der Waals surface area contributed by atoms with E-state index < -0.39 is 0 Å². The van der Waals surface area contributed by atoms with Gasteiger partial charge >= 0.3 is 0 Å². The van der Waals surface area contributed by atoms with E-state index in [2.05, 4.69) is 24.0 Å². The summed E-state index contributed by atoms with van der Waals surface area (Å²) in [6.07, 6.45) is 4.74. The third kappa shape index (κ3) is 4.45. The average molecular weight is 188 g/mol. The number of benzene rings is 1. The zero-order valence-electron chi connectivity index (χ0n) is 7.66. The Balaban J connectivity index is 2.42. The molecule has 0 saturated carbocycles. The van der Waals surface area contributed by atoms with E-state index >= 15 is 0 Å². The molecule has 0 aliphatic heterocycles. The lowest BCUT2D eigenvalue weighted by Crippen LogP contribution is -1.77. The van der Waals surface area contributed by atoms with Crippen molar-refractivity contribution in [3.8, 4) is 11.8 Å². The van der Waals surface area contributed by atoms with E-state index in [1.54, 1.807) is 11.8 Å². The molecule has 13 heavy (non-hydrogen) atoms. The Bertz CT molecular complexity index is 314. The molecule has 1 rings (SSSR count). The first kappa shape index (κ1) is 9.95. The van der Waals surface area contributed by atoms with Crippen molar-refractivity contribution in [3.05, 3.63) is 47.4 Å². The van der Waals surface area contributed by atoms with Gasteiger partial charge in [-0.3, -0.25) is 0 Å². The Morgan fingerprint density at radius 3 is 2.77 bits per heavy atom. The van der Waals surface area contributed by atoms with Crippen molar-refractivity contribution in [1.82, 2.24) is 0 Å². The molecule has 0 aliphatic carbocycles. The standard InChI is InChI=1S/C12H12S/c1-13-11-7-3-6-10-12-8-4-2-5-9-12/h2,4-5,7-9,11H,10H2,1H3/b11-7-. The second-order valence-electron chi connectivity index (χ2n) is 2.52. The third-order valence-corrected chi connectivity index (χ3v) is 1.93. The molecule has 0 spiro atoms. The topological polar surface area (TPSA) is 0 Å². The molecule has 0 atom stereocenters. The van der Waals surface area contributed by atoms with E-state index in [0.717, 1.165) is 6.42 Å².